The molecule has 1 aromatic carbocycles. The fourth-order valence-corrected chi connectivity index (χ4v) is 6.98. The van der Waals surface area contributed by atoms with Crippen LogP contribution in [-0.4, -0.2) is 92.4 Å². The summed E-state index contributed by atoms with van der Waals surface area (Å²) in [5, 5.41) is 10.3. The van der Waals surface area contributed by atoms with Gasteiger partial charge < -0.3 is 24.8 Å². The van der Waals surface area contributed by atoms with Gasteiger partial charge in [-0.2, -0.15) is 5.10 Å². The fraction of sp³-hybridized carbons (Fsp3) is 0.588. The van der Waals surface area contributed by atoms with E-state index in [1.165, 1.54) is 37.1 Å². The lowest BCUT2D eigenvalue weighted by molar-refractivity contribution is -0.134. The van der Waals surface area contributed by atoms with E-state index in [-0.39, 0.29) is 24.9 Å². The summed E-state index contributed by atoms with van der Waals surface area (Å²) >= 11 is 0. The molecule has 0 spiro atoms. The molecular weight excluding hydrogens is 570 g/mol. The molecule has 2 N–H and O–H groups in total. The highest BCUT2D eigenvalue weighted by atomic mass is 16.5. The van der Waals surface area contributed by atoms with E-state index < -0.39 is 11.9 Å². The molecular formula is C34H47N7O4. The number of nitrogens with one attached hydrogen (secondary N) is 2. The molecule has 2 saturated heterocycles. The Hall–Kier alpha value is -3.88. The highest BCUT2D eigenvalue weighted by Crippen LogP contribution is 2.35. The number of hydrogen-bond acceptors (Lipinski definition) is 8. The lowest BCUT2D eigenvalue weighted by atomic mass is 9.85. The number of hydrogen-bond donors (Lipinski definition) is 2. The van der Waals surface area contributed by atoms with Crippen LogP contribution in [0.15, 0.2) is 24.4 Å². The zero-order chi connectivity index (χ0) is 31.9. The molecule has 242 valence electrons. The first-order valence-electron chi connectivity index (χ1n) is 16.2. The van der Waals surface area contributed by atoms with Gasteiger partial charge in [0.25, 0.3) is 0 Å². The van der Waals surface area contributed by atoms with Gasteiger partial charge in [0.05, 0.1) is 40.5 Å². The van der Waals surface area contributed by atoms with E-state index in [1.54, 1.807) is 6.07 Å². The van der Waals surface area contributed by atoms with E-state index in [0.29, 0.717) is 24.7 Å². The van der Waals surface area contributed by atoms with Crippen molar-refractivity contribution in [2.45, 2.75) is 76.5 Å². The van der Waals surface area contributed by atoms with Crippen LogP contribution in [0.25, 0.3) is 0 Å². The minimum atomic E-state index is -0.746. The minimum Gasteiger partial charge on any atom is -0.385 e. The van der Waals surface area contributed by atoms with Crippen LogP contribution in [-0.2, 0) is 19.1 Å². The van der Waals surface area contributed by atoms with Crippen LogP contribution in [0.5, 0.6) is 0 Å². The molecule has 45 heavy (non-hydrogen) atoms. The zero-order valence-corrected chi connectivity index (χ0v) is 27.1. The molecule has 3 aliphatic rings. The van der Waals surface area contributed by atoms with E-state index in [1.807, 2.05) is 38.2 Å². The third kappa shape index (κ3) is 7.86. The van der Waals surface area contributed by atoms with Crippen LogP contribution < -0.4 is 20.4 Å². The quantitative estimate of drug-likeness (QED) is 0.237. The molecule has 2 aromatic rings. The van der Waals surface area contributed by atoms with Crippen LogP contribution >= 0.6 is 0 Å². The molecule has 3 heterocycles. The molecule has 11 heteroatoms. The largest absolute Gasteiger partial charge is 0.385 e. The van der Waals surface area contributed by atoms with Crippen molar-refractivity contribution in [2.75, 3.05) is 62.5 Å². The predicted octanol–water partition coefficient (Wildman–Crippen LogP) is 3.33. The molecule has 2 aliphatic heterocycles. The topological polar surface area (TPSA) is 112 Å². The lowest BCUT2D eigenvalue weighted by Gasteiger charge is -2.36. The monoisotopic (exact) mass is 617 g/mol. The average molecular weight is 618 g/mol. The van der Waals surface area contributed by atoms with Gasteiger partial charge >= 0.3 is 0 Å². The van der Waals surface area contributed by atoms with Crippen LogP contribution in [0.4, 0.5) is 17.1 Å². The van der Waals surface area contributed by atoms with Crippen molar-refractivity contribution in [1.82, 2.24) is 20.0 Å². The second-order valence-electron chi connectivity index (χ2n) is 12.7. The van der Waals surface area contributed by atoms with E-state index in [0.717, 1.165) is 54.5 Å². The van der Waals surface area contributed by atoms with Gasteiger partial charge in [-0.25, -0.2) is 0 Å². The van der Waals surface area contributed by atoms with Gasteiger partial charge in [0, 0.05) is 53.4 Å². The van der Waals surface area contributed by atoms with E-state index >= 15 is 0 Å². The number of aromatic nitrogens is 2. The Morgan fingerprint density at radius 2 is 1.87 bits per heavy atom. The third-order valence-corrected chi connectivity index (χ3v) is 9.44. The Morgan fingerprint density at radius 1 is 1.11 bits per heavy atom. The molecule has 1 atom stereocenters. The number of carbonyl (C=O) groups is 3. The van der Waals surface area contributed by atoms with Crippen LogP contribution in [0.1, 0.15) is 68.7 Å². The zero-order valence-electron chi connectivity index (χ0n) is 27.1. The number of piperidine rings is 2. The molecule has 0 bridgehead atoms. The number of imide groups is 1. The molecule has 1 unspecified atom stereocenters. The van der Waals surface area contributed by atoms with Crippen LogP contribution in [0.2, 0.25) is 0 Å². The van der Waals surface area contributed by atoms with Gasteiger partial charge in [-0.3, -0.25) is 24.4 Å². The molecule has 1 aromatic heterocycles. The Kier molecular flexibility index (Phi) is 10.8. The Morgan fingerprint density at radius 3 is 2.51 bits per heavy atom. The van der Waals surface area contributed by atoms with Crippen molar-refractivity contribution in [3.63, 3.8) is 0 Å². The number of aryl methyl sites for hydroxylation is 1. The standard InChI is InChI=1S/C34H47N7O4/c1-24-29(35-2)22-41(37-24)27-12-10-25(11-13-27)21-39-18-16-28(17-19-39)45-20-6-8-26-7-5-9-30(33(26)38(3)4)40(23-42)31-14-15-32(43)36-34(31)44/h5,7,9,22-23,25,27-28,31,35H,10-21H2,1-4H3,(H,36,43,44). The van der Waals surface area contributed by atoms with E-state index in [4.69, 9.17) is 9.84 Å². The SMILES string of the molecule is CNc1cn(C2CCC(CN3CCC(OCC#Cc4cccc(N(C=O)C5CCC(=O)NC5=O)c4N(C)C)CC3)CC2)nc1C. The van der Waals surface area contributed by atoms with Gasteiger partial charge in [0.2, 0.25) is 18.2 Å². The predicted molar refractivity (Wildman–Crippen MR) is 175 cm³/mol. The van der Waals surface area contributed by atoms with Crippen molar-refractivity contribution in [2.24, 2.45) is 5.92 Å². The first-order valence-corrected chi connectivity index (χ1v) is 16.2. The number of carbonyl (C=O) groups excluding carboxylic acids is 3. The summed E-state index contributed by atoms with van der Waals surface area (Å²) in [4.78, 5) is 42.2. The number of nitrogens with zero attached hydrogens (tertiary/aromatic N) is 5. The maximum absolute atomic E-state index is 12.5. The Labute approximate surface area is 266 Å². The van der Waals surface area contributed by atoms with Gasteiger partial charge in [0.1, 0.15) is 12.6 Å². The van der Waals surface area contributed by atoms with Crippen molar-refractivity contribution >= 4 is 35.3 Å². The summed E-state index contributed by atoms with van der Waals surface area (Å²) in [6.07, 6.45) is 10.4. The second kappa shape index (κ2) is 14.9. The first kappa shape index (κ1) is 32.5. The summed E-state index contributed by atoms with van der Waals surface area (Å²) in [7, 11) is 5.72. The van der Waals surface area contributed by atoms with E-state index in [2.05, 4.69) is 45.2 Å². The van der Waals surface area contributed by atoms with Crippen molar-refractivity contribution < 1.29 is 19.1 Å². The summed E-state index contributed by atoms with van der Waals surface area (Å²) in [5.41, 5.74) is 4.25. The Balaban J connectivity index is 1.09. The molecule has 5 rings (SSSR count). The lowest BCUT2D eigenvalue weighted by Crippen LogP contribution is -2.52. The number of para-hydroxylation sites is 1. The first-order chi connectivity index (χ1) is 21.8. The van der Waals surface area contributed by atoms with Gasteiger partial charge in [-0.05, 0) is 69.9 Å². The minimum absolute atomic E-state index is 0.194. The van der Waals surface area contributed by atoms with Crippen molar-refractivity contribution in [3.8, 4) is 11.8 Å². The summed E-state index contributed by atoms with van der Waals surface area (Å²) in [5.74, 6) is 6.37. The van der Waals surface area contributed by atoms with Gasteiger partial charge in [-0.15, -0.1) is 0 Å². The number of ether oxygens (including phenoxy) is 1. The van der Waals surface area contributed by atoms with Crippen LogP contribution in [0.3, 0.4) is 0 Å². The molecule has 1 aliphatic carbocycles. The average Bonchev–Trinajstić information content (AvgIpc) is 3.42. The Bertz CT molecular complexity index is 1410. The molecule has 11 nitrogen and oxygen atoms in total. The molecule has 1 saturated carbocycles. The number of anilines is 3. The smallest absolute Gasteiger partial charge is 0.249 e. The van der Waals surface area contributed by atoms with Crippen molar-refractivity contribution in [1.29, 1.82) is 0 Å². The van der Waals surface area contributed by atoms with Crippen molar-refractivity contribution in [3.05, 3.63) is 35.7 Å². The molecule has 3 amide bonds. The summed E-state index contributed by atoms with van der Waals surface area (Å²) < 4.78 is 8.33. The second-order valence-corrected chi connectivity index (χ2v) is 12.7. The number of likely N-dealkylation sites (tertiary alicyclic amines) is 1. The van der Waals surface area contributed by atoms with E-state index in [9.17, 15) is 14.4 Å². The number of benzene rings is 1. The van der Waals surface area contributed by atoms with Gasteiger partial charge in [0.15, 0.2) is 0 Å². The summed E-state index contributed by atoms with van der Waals surface area (Å²) in [6.45, 7) is 5.66. The van der Waals surface area contributed by atoms with Crippen LogP contribution in [0, 0.1) is 24.7 Å². The molecule has 3 fully saturated rings. The van der Waals surface area contributed by atoms with Gasteiger partial charge in [-0.1, -0.05) is 17.9 Å². The number of rotatable bonds is 10. The maximum Gasteiger partial charge on any atom is 0.249 e. The normalized spacial score (nSPS) is 22.7. The highest BCUT2D eigenvalue weighted by molar-refractivity contribution is 6.05. The fourth-order valence-electron chi connectivity index (χ4n) is 6.98. The molecule has 0 radical (unpaired) electrons. The number of amides is 3. The third-order valence-electron chi connectivity index (χ3n) is 9.44. The highest BCUT2D eigenvalue weighted by Gasteiger charge is 2.33. The summed E-state index contributed by atoms with van der Waals surface area (Å²) in [6, 6.07) is 5.29. The maximum atomic E-state index is 12.5.